The summed E-state index contributed by atoms with van der Waals surface area (Å²) >= 11 is 0. The van der Waals surface area contributed by atoms with Crippen LogP contribution in [0, 0.1) is 0 Å². The van der Waals surface area contributed by atoms with Gasteiger partial charge in [0, 0.05) is 17.5 Å². The van der Waals surface area contributed by atoms with Gasteiger partial charge in [0.15, 0.2) is 0 Å². The molecule has 5 rings (SSSR count). The first-order chi connectivity index (χ1) is 17.9. The van der Waals surface area contributed by atoms with Crippen LogP contribution in [0.25, 0.3) is 5.76 Å². The van der Waals surface area contributed by atoms with Crippen molar-refractivity contribution in [3.8, 4) is 17.2 Å². The Bertz CT molecular complexity index is 1380. The Kier molecular flexibility index (Phi) is 6.61. The molecule has 3 aromatic rings. The second-order valence-electron chi connectivity index (χ2n) is 9.20. The first kappa shape index (κ1) is 24.4. The van der Waals surface area contributed by atoms with E-state index in [1.165, 1.54) is 4.90 Å². The molecular weight excluding hydrogens is 470 g/mol. The molecule has 0 spiro atoms. The Morgan fingerprint density at radius 2 is 1.84 bits per heavy atom. The van der Waals surface area contributed by atoms with Crippen molar-refractivity contribution in [3.63, 3.8) is 0 Å². The maximum atomic E-state index is 13.4. The number of rotatable bonds is 7. The van der Waals surface area contributed by atoms with Crippen molar-refractivity contribution in [1.82, 2.24) is 4.90 Å². The number of Topliss-reactive ketones (excluding diaryl/α,β-unsaturated/α-hetero) is 1. The van der Waals surface area contributed by atoms with Gasteiger partial charge in [0.05, 0.1) is 31.9 Å². The van der Waals surface area contributed by atoms with Crippen LogP contribution in [0.5, 0.6) is 17.2 Å². The van der Waals surface area contributed by atoms with Crippen molar-refractivity contribution in [3.05, 3.63) is 94.6 Å². The van der Waals surface area contributed by atoms with Crippen molar-refractivity contribution >= 4 is 17.4 Å². The Balaban J connectivity index is 1.62. The lowest BCUT2D eigenvalue weighted by Gasteiger charge is -2.26. The van der Waals surface area contributed by atoms with E-state index in [1.54, 1.807) is 31.4 Å². The normalized spacial score (nSPS) is 20.0. The van der Waals surface area contributed by atoms with Gasteiger partial charge in [0.1, 0.15) is 29.1 Å². The summed E-state index contributed by atoms with van der Waals surface area (Å²) in [5, 5.41) is 11.5. The molecule has 2 aliphatic heterocycles. The Morgan fingerprint density at radius 3 is 2.57 bits per heavy atom. The summed E-state index contributed by atoms with van der Waals surface area (Å²) in [4.78, 5) is 28.3. The number of para-hydroxylation sites is 1. The van der Waals surface area contributed by atoms with Crippen LogP contribution in [0.15, 0.2) is 72.3 Å². The summed E-state index contributed by atoms with van der Waals surface area (Å²) in [6.07, 6.45) is 0.753. The molecule has 0 saturated carbocycles. The summed E-state index contributed by atoms with van der Waals surface area (Å²) in [5.74, 6) is 0.454. The van der Waals surface area contributed by atoms with Gasteiger partial charge in [-0.25, -0.2) is 0 Å². The van der Waals surface area contributed by atoms with Gasteiger partial charge in [-0.3, -0.25) is 9.59 Å². The van der Waals surface area contributed by atoms with Gasteiger partial charge in [-0.2, -0.15) is 0 Å². The first-order valence-corrected chi connectivity index (χ1v) is 12.3. The molecule has 0 radical (unpaired) electrons. The van der Waals surface area contributed by atoms with Crippen molar-refractivity contribution < 1.29 is 28.9 Å². The molecule has 0 bridgehead atoms. The third kappa shape index (κ3) is 4.53. The zero-order chi connectivity index (χ0) is 26.1. The van der Waals surface area contributed by atoms with Gasteiger partial charge in [-0.05, 0) is 61.4 Å². The van der Waals surface area contributed by atoms with Gasteiger partial charge < -0.3 is 24.2 Å². The quantitative estimate of drug-likeness (QED) is 0.279. The number of fused-ring (bicyclic) bond motifs is 1. The predicted molar refractivity (Wildman–Crippen MR) is 139 cm³/mol. The number of nitrogens with zero attached hydrogens (tertiary/aromatic N) is 1. The number of methoxy groups -OCH3 is 1. The Labute approximate surface area is 215 Å². The first-order valence-electron chi connectivity index (χ1n) is 12.3. The minimum absolute atomic E-state index is 0.0442. The lowest BCUT2D eigenvalue weighted by Crippen LogP contribution is -2.29. The van der Waals surface area contributed by atoms with Gasteiger partial charge in [-0.1, -0.05) is 30.3 Å². The van der Waals surface area contributed by atoms with Gasteiger partial charge in [0.2, 0.25) is 0 Å². The lowest BCUT2D eigenvalue weighted by atomic mass is 9.94. The molecule has 1 N–H and O–H groups in total. The average Bonchev–Trinajstić information content (AvgIpc) is 3.40. The van der Waals surface area contributed by atoms with Crippen LogP contribution >= 0.6 is 0 Å². The summed E-state index contributed by atoms with van der Waals surface area (Å²) in [6, 6.07) is 19.2. The zero-order valence-electron chi connectivity index (χ0n) is 21.1. The molecule has 7 nitrogen and oxygen atoms in total. The maximum Gasteiger partial charge on any atom is 0.295 e. The lowest BCUT2D eigenvalue weighted by molar-refractivity contribution is -0.140. The number of ether oxygens (including phenoxy) is 3. The number of amides is 1. The predicted octanol–water partition coefficient (Wildman–Crippen LogP) is 5.04. The van der Waals surface area contributed by atoms with Crippen molar-refractivity contribution in [2.24, 2.45) is 0 Å². The topological polar surface area (TPSA) is 85.3 Å². The third-order valence-corrected chi connectivity index (χ3v) is 6.75. The van der Waals surface area contributed by atoms with E-state index in [9.17, 15) is 14.7 Å². The zero-order valence-corrected chi connectivity index (χ0v) is 21.1. The number of ketones is 1. The summed E-state index contributed by atoms with van der Waals surface area (Å²) in [7, 11) is 1.56. The Hall–Kier alpha value is -4.26. The van der Waals surface area contributed by atoms with Crippen LogP contribution in [-0.4, -0.2) is 41.5 Å². The molecule has 190 valence electrons. The number of hydrogen-bond acceptors (Lipinski definition) is 6. The van der Waals surface area contributed by atoms with Crippen molar-refractivity contribution in [1.29, 1.82) is 0 Å². The highest BCUT2D eigenvalue weighted by atomic mass is 16.5. The second kappa shape index (κ2) is 10.0. The van der Waals surface area contributed by atoms with E-state index in [1.807, 2.05) is 56.3 Å². The van der Waals surface area contributed by atoms with E-state index in [4.69, 9.17) is 14.2 Å². The number of benzene rings is 3. The van der Waals surface area contributed by atoms with Crippen molar-refractivity contribution in [2.75, 3.05) is 13.7 Å². The monoisotopic (exact) mass is 499 g/mol. The second-order valence-corrected chi connectivity index (χ2v) is 9.20. The summed E-state index contributed by atoms with van der Waals surface area (Å²) in [6.45, 7) is 4.54. The molecule has 2 atom stereocenters. The molecule has 0 aliphatic carbocycles. The minimum atomic E-state index is -0.788. The van der Waals surface area contributed by atoms with E-state index in [-0.39, 0.29) is 24.0 Å². The number of aliphatic hydroxyl groups excluding tert-OH is 1. The summed E-state index contributed by atoms with van der Waals surface area (Å²) < 4.78 is 16.8. The fourth-order valence-corrected chi connectivity index (χ4v) is 5.04. The van der Waals surface area contributed by atoms with Crippen molar-refractivity contribution in [2.45, 2.75) is 39.0 Å². The molecular formula is C30H29NO6. The minimum Gasteiger partial charge on any atom is -0.507 e. The molecule has 2 heterocycles. The standard InChI is InChI=1S/C30H29NO6/c1-4-36-23-12-9-19(10-13-23)27-26(28(32)20-11-14-25-22(16-20)15-18(2)37-25)29(33)30(34)31(27)17-21-7-5-6-8-24(21)35-3/h5-14,16,18,27,32H,4,15,17H2,1-3H3/b28-26-. The fraction of sp³-hybridized carbons (Fsp3) is 0.267. The van der Waals surface area contributed by atoms with Crippen LogP contribution in [0.3, 0.4) is 0 Å². The Morgan fingerprint density at radius 1 is 1.08 bits per heavy atom. The molecule has 2 unspecified atom stereocenters. The van der Waals surface area contributed by atoms with Gasteiger partial charge in [0.25, 0.3) is 11.7 Å². The molecule has 0 aromatic heterocycles. The van der Waals surface area contributed by atoms with E-state index in [0.717, 1.165) is 16.9 Å². The highest BCUT2D eigenvalue weighted by Crippen LogP contribution is 2.42. The van der Waals surface area contributed by atoms with Crippen LogP contribution < -0.4 is 14.2 Å². The van der Waals surface area contributed by atoms with E-state index < -0.39 is 17.7 Å². The number of likely N-dealkylation sites (tertiary alicyclic amines) is 1. The van der Waals surface area contributed by atoms with E-state index in [2.05, 4.69) is 0 Å². The number of carbonyl (C=O) groups excluding carboxylic acids is 2. The molecule has 1 saturated heterocycles. The van der Waals surface area contributed by atoms with E-state index in [0.29, 0.717) is 35.7 Å². The average molecular weight is 500 g/mol. The molecule has 7 heteroatoms. The summed E-state index contributed by atoms with van der Waals surface area (Å²) in [5.41, 5.74) is 2.93. The van der Waals surface area contributed by atoms with Gasteiger partial charge >= 0.3 is 0 Å². The molecule has 2 aliphatic rings. The van der Waals surface area contributed by atoms with Gasteiger partial charge in [-0.15, -0.1) is 0 Å². The van der Waals surface area contributed by atoms with Crippen LogP contribution in [-0.2, 0) is 22.6 Å². The largest absolute Gasteiger partial charge is 0.507 e. The fourth-order valence-electron chi connectivity index (χ4n) is 5.04. The highest BCUT2D eigenvalue weighted by molar-refractivity contribution is 6.46. The van der Waals surface area contributed by atoms with E-state index >= 15 is 0 Å². The molecule has 37 heavy (non-hydrogen) atoms. The highest BCUT2D eigenvalue weighted by Gasteiger charge is 2.46. The number of aliphatic hydroxyl groups is 1. The van der Waals surface area contributed by atoms with Crippen LogP contribution in [0.1, 0.15) is 42.1 Å². The smallest absolute Gasteiger partial charge is 0.295 e. The van der Waals surface area contributed by atoms with Crippen LogP contribution in [0.2, 0.25) is 0 Å². The third-order valence-electron chi connectivity index (χ3n) is 6.75. The SMILES string of the molecule is CCOc1ccc(C2/C(=C(/O)c3ccc4c(c3)CC(C)O4)C(=O)C(=O)N2Cc2ccccc2OC)cc1. The number of hydrogen-bond donors (Lipinski definition) is 1. The number of carbonyl (C=O) groups is 2. The maximum absolute atomic E-state index is 13.4. The molecule has 3 aromatic carbocycles. The molecule has 1 amide bonds. The molecule has 1 fully saturated rings. The van der Waals surface area contributed by atoms with Crippen LogP contribution in [0.4, 0.5) is 0 Å².